The highest BCUT2D eigenvalue weighted by Gasteiger charge is 2.07. The van der Waals surface area contributed by atoms with Gasteiger partial charge in [0.2, 0.25) is 0 Å². The number of carbonyl (C=O) groups excluding carboxylic acids is 1. The standard InChI is InChI=1S/C15H31NO2/c1-4-6-7-8-9-10-11-12-13-16(5-2)14-15(17)18-3/h4-14H2,1-3H3. The van der Waals surface area contributed by atoms with E-state index in [-0.39, 0.29) is 5.97 Å². The van der Waals surface area contributed by atoms with E-state index in [4.69, 9.17) is 0 Å². The van der Waals surface area contributed by atoms with Gasteiger partial charge in [-0.25, -0.2) is 0 Å². The van der Waals surface area contributed by atoms with E-state index in [2.05, 4.69) is 23.5 Å². The first-order valence-corrected chi connectivity index (χ1v) is 7.53. The van der Waals surface area contributed by atoms with E-state index in [1.807, 2.05) is 0 Å². The molecule has 0 aromatic rings. The average molecular weight is 257 g/mol. The van der Waals surface area contributed by atoms with E-state index >= 15 is 0 Å². The molecule has 0 amide bonds. The van der Waals surface area contributed by atoms with Crippen molar-refractivity contribution >= 4 is 5.97 Å². The molecule has 0 aliphatic rings. The summed E-state index contributed by atoms with van der Waals surface area (Å²) < 4.78 is 4.68. The fourth-order valence-electron chi connectivity index (χ4n) is 2.07. The average Bonchev–Trinajstić information content (AvgIpc) is 2.40. The summed E-state index contributed by atoms with van der Waals surface area (Å²) in [5.41, 5.74) is 0. The Labute approximate surface area is 113 Å². The molecule has 0 saturated heterocycles. The third kappa shape index (κ3) is 10.6. The van der Waals surface area contributed by atoms with Crippen LogP contribution in [-0.2, 0) is 9.53 Å². The second kappa shape index (κ2) is 12.9. The van der Waals surface area contributed by atoms with E-state index in [1.54, 1.807) is 0 Å². The number of hydrogen-bond acceptors (Lipinski definition) is 3. The zero-order valence-corrected chi connectivity index (χ0v) is 12.5. The van der Waals surface area contributed by atoms with Crippen molar-refractivity contribution in [2.24, 2.45) is 0 Å². The van der Waals surface area contributed by atoms with Crippen LogP contribution in [0.25, 0.3) is 0 Å². The van der Waals surface area contributed by atoms with Crippen LogP contribution in [0.2, 0.25) is 0 Å². The third-order valence-electron chi connectivity index (χ3n) is 3.36. The van der Waals surface area contributed by atoms with Crippen LogP contribution in [0.1, 0.15) is 65.2 Å². The zero-order chi connectivity index (χ0) is 13.6. The van der Waals surface area contributed by atoms with Crippen molar-refractivity contribution in [1.82, 2.24) is 4.90 Å². The molecular weight excluding hydrogens is 226 g/mol. The lowest BCUT2D eigenvalue weighted by Gasteiger charge is -2.18. The topological polar surface area (TPSA) is 29.5 Å². The molecule has 0 heterocycles. The second-order valence-corrected chi connectivity index (χ2v) is 4.92. The smallest absolute Gasteiger partial charge is 0.319 e. The fourth-order valence-corrected chi connectivity index (χ4v) is 2.07. The van der Waals surface area contributed by atoms with Gasteiger partial charge in [-0.15, -0.1) is 0 Å². The summed E-state index contributed by atoms with van der Waals surface area (Å²) in [6.45, 7) is 6.71. The van der Waals surface area contributed by atoms with E-state index in [9.17, 15) is 4.79 Å². The molecule has 0 unspecified atom stereocenters. The van der Waals surface area contributed by atoms with Crippen LogP contribution in [0, 0.1) is 0 Å². The molecule has 0 aromatic heterocycles. The van der Waals surface area contributed by atoms with Gasteiger partial charge in [0, 0.05) is 0 Å². The summed E-state index contributed by atoms with van der Waals surface area (Å²) in [4.78, 5) is 13.3. The Hall–Kier alpha value is -0.570. The monoisotopic (exact) mass is 257 g/mol. The summed E-state index contributed by atoms with van der Waals surface area (Å²) >= 11 is 0. The number of methoxy groups -OCH3 is 1. The van der Waals surface area contributed by atoms with Crippen LogP contribution in [0.5, 0.6) is 0 Å². The molecule has 108 valence electrons. The highest BCUT2D eigenvalue weighted by atomic mass is 16.5. The summed E-state index contributed by atoms with van der Waals surface area (Å²) in [5, 5.41) is 0. The number of unbranched alkanes of at least 4 members (excludes halogenated alkanes) is 7. The Morgan fingerprint density at radius 2 is 1.50 bits per heavy atom. The molecular formula is C15H31NO2. The highest BCUT2D eigenvalue weighted by molar-refractivity contribution is 5.71. The third-order valence-corrected chi connectivity index (χ3v) is 3.36. The van der Waals surface area contributed by atoms with Crippen LogP contribution in [0.3, 0.4) is 0 Å². The molecule has 0 rings (SSSR count). The minimum Gasteiger partial charge on any atom is -0.468 e. The van der Waals surface area contributed by atoms with Crippen LogP contribution < -0.4 is 0 Å². The first-order chi connectivity index (χ1) is 8.74. The van der Waals surface area contributed by atoms with Gasteiger partial charge in [-0.1, -0.05) is 58.8 Å². The Bertz CT molecular complexity index is 195. The molecule has 3 heteroatoms. The first-order valence-electron chi connectivity index (χ1n) is 7.53. The predicted molar refractivity (Wildman–Crippen MR) is 76.7 cm³/mol. The lowest BCUT2D eigenvalue weighted by Crippen LogP contribution is -2.31. The molecule has 0 radical (unpaired) electrons. The van der Waals surface area contributed by atoms with Gasteiger partial charge >= 0.3 is 5.97 Å². The quantitative estimate of drug-likeness (QED) is 0.395. The normalized spacial score (nSPS) is 10.9. The lowest BCUT2D eigenvalue weighted by molar-refractivity contribution is -0.141. The maximum Gasteiger partial charge on any atom is 0.319 e. The summed E-state index contributed by atoms with van der Waals surface area (Å²) in [5.74, 6) is -0.128. The van der Waals surface area contributed by atoms with E-state index < -0.39 is 0 Å². The van der Waals surface area contributed by atoms with Gasteiger partial charge in [0.15, 0.2) is 0 Å². The molecule has 0 aliphatic heterocycles. The number of esters is 1. The number of ether oxygens (including phenoxy) is 1. The predicted octanol–water partition coefficient (Wildman–Crippen LogP) is 3.62. The van der Waals surface area contributed by atoms with Gasteiger partial charge in [-0.05, 0) is 19.5 Å². The van der Waals surface area contributed by atoms with Crippen LogP contribution in [0.4, 0.5) is 0 Å². The summed E-state index contributed by atoms with van der Waals surface area (Å²) in [7, 11) is 1.45. The Balaban J connectivity index is 3.37. The first kappa shape index (κ1) is 17.4. The Morgan fingerprint density at radius 1 is 0.944 bits per heavy atom. The van der Waals surface area contributed by atoms with E-state index in [0.717, 1.165) is 13.1 Å². The molecule has 0 aromatic carbocycles. The van der Waals surface area contributed by atoms with E-state index in [1.165, 1.54) is 58.5 Å². The van der Waals surface area contributed by atoms with E-state index in [0.29, 0.717) is 6.54 Å². The largest absolute Gasteiger partial charge is 0.468 e. The highest BCUT2D eigenvalue weighted by Crippen LogP contribution is 2.08. The number of hydrogen-bond donors (Lipinski definition) is 0. The van der Waals surface area contributed by atoms with Gasteiger partial charge in [-0.3, -0.25) is 9.69 Å². The maximum atomic E-state index is 11.2. The minimum atomic E-state index is -0.128. The Morgan fingerprint density at radius 3 is 2.00 bits per heavy atom. The van der Waals surface area contributed by atoms with Gasteiger partial charge < -0.3 is 4.74 Å². The molecule has 3 nitrogen and oxygen atoms in total. The molecule has 0 atom stereocenters. The van der Waals surface area contributed by atoms with Crippen molar-refractivity contribution in [2.75, 3.05) is 26.7 Å². The Kier molecular flexibility index (Phi) is 12.5. The second-order valence-electron chi connectivity index (χ2n) is 4.92. The number of carbonyl (C=O) groups is 1. The molecule has 0 aliphatic carbocycles. The van der Waals surface area contributed by atoms with Crippen molar-refractivity contribution in [1.29, 1.82) is 0 Å². The van der Waals surface area contributed by atoms with Crippen molar-refractivity contribution < 1.29 is 9.53 Å². The molecule has 18 heavy (non-hydrogen) atoms. The fraction of sp³-hybridized carbons (Fsp3) is 0.933. The SMILES string of the molecule is CCCCCCCCCCN(CC)CC(=O)OC. The molecule has 0 N–H and O–H groups in total. The van der Waals surface area contributed by atoms with Crippen molar-refractivity contribution in [3.8, 4) is 0 Å². The van der Waals surface area contributed by atoms with Crippen molar-refractivity contribution in [3.63, 3.8) is 0 Å². The maximum absolute atomic E-state index is 11.2. The zero-order valence-electron chi connectivity index (χ0n) is 12.5. The number of nitrogens with zero attached hydrogens (tertiary/aromatic N) is 1. The molecule has 0 bridgehead atoms. The van der Waals surface area contributed by atoms with Crippen LogP contribution in [0.15, 0.2) is 0 Å². The van der Waals surface area contributed by atoms with Gasteiger partial charge in [0.1, 0.15) is 0 Å². The summed E-state index contributed by atoms with van der Waals surface area (Å²) in [6.07, 6.45) is 10.6. The minimum absolute atomic E-state index is 0.128. The molecule has 0 spiro atoms. The number of likely N-dealkylation sites (N-methyl/N-ethyl adjacent to an activating group) is 1. The van der Waals surface area contributed by atoms with Crippen molar-refractivity contribution in [2.45, 2.75) is 65.2 Å². The number of rotatable bonds is 12. The molecule has 0 saturated carbocycles. The van der Waals surface area contributed by atoms with Gasteiger partial charge in [0.25, 0.3) is 0 Å². The lowest BCUT2D eigenvalue weighted by atomic mass is 10.1. The van der Waals surface area contributed by atoms with Crippen molar-refractivity contribution in [3.05, 3.63) is 0 Å². The van der Waals surface area contributed by atoms with Gasteiger partial charge in [0.05, 0.1) is 13.7 Å². The van der Waals surface area contributed by atoms with Crippen LogP contribution >= 0.6 is 0 Å². The molecule has 0 fully saturated rings. The van der Waals surface area contributed by atoms with Crippen LogP contribution in [-0.4, -0.2) is 37.6 Å². The summed E-state index contributed by atoms with van der Waals surface area (Å²) in [6, 6.07) is 0. The van der Waals surface area contributed by atoms with Gasteiger partial charge in [-0.2, -0.15) is 0 Å².